The van der Waals surface area contributed by atoms with E-state index in [0.717, 1.165) is 0 Å². The van der Waals surface area contributed by atoms with Crippen molar-refractivity contribution in [1.82, 2.24) is 19.9 Å². The standard InChI is InChI=1S/2C34H28N2/c2*1-3-9-21(10-4-1)33-25-15-16-26(33)28-18-17-27(25)34(28,22-11-5-2-6-12-22)30-29(33)31-23(13-7-19-35-31)24-14-8-20-36-32(24)30/h2*1-14,19-20,25-28H,15-18H2/t2*25-,26+,27+,28-,33?,34?. The first-order chi connectivity index (χ1) is 35.8. The molecule has 0 amide bonds. The Hall–Kier alpha value is -7.04. The van der Waals surface area contributed by atoms with E-state index in [-0.39, 0.29) is 21.7 Å². The molecule has 4 aromatic heterocycles. The summed E-state index contributed by atoms with van der Waals surface area (Å²) in [5.41, 5.74) is 17.1. The van der Waals surface area contributed by atoms with E-state index < -0.39 is 0 Å². The van der Waals surface area contributed by atoms with Gasteiger partial charge < -0.3 is 0 Å². The van der Waals surface area contributed by atoms with Gasteiger partial charge in [-0.2, -0.15) is 0 Å². The molecule has 4 nitrogen and oxygen atoms in total. The van der Waals surface area contributed by atoms with E-state index in [2.05, 4.69) is 170 Å². The lowest BCUT2D eigenvalue weighted by Crippen LogP contribution is -2.62. The number of benzene rings is 6. The molecule has 10 aliphatic rings. The van der Waals surface area contributed by atoms with Crippen molar-refractivity contribution in [3.63, 3.8) is 0 Å². The van der Waals surface area contributed by atoms with Crippen LogP contribution in [0.2, 0.25) is 0 Å². The van der Waals surface area contributed by atoms with Crippen LogP contribution >= 0.6 is 0 Å². The fraction of sp³-hybridized carbons (Fsp3) is 0.294. The Bertz CT molecular complexity index is 3310. The Morgan fingerprint density at radius 3 is 0.625 bits per heavy atom. The highest BCUT2D eigenvalue weighted by Crippen LogP contribution is 2.82. The number of pyridine rings is 4. The van der Waals surface area contributed by atoms with Gasteiger partial charge in [-0.25, -0.2) is 0 Å². The minimum Gasteiger partial charge on any atom is -0.256 e. The van der Waals surface area contributed by atoms with E-state index in [1.807, 2.05) is 24.8 Å². The minimum absolute atomic E-state index is 0.0251. The monoisotopic (exact) mass is 928 g/mol. The van der Waals surface area contributed by atoms with Crippen molar-refractivity contribution in [1.29, 1.82) is 0 Å². The van der Waals surface area contributed by atoms with Gasteiger partial charge in [0.1, 0.15) is 0 Å². The molecule has 12 bridgehead atoms. The van der Waals surface area contributed by atoms with Crippen molar-refractivity contribution in [2.75, 3.05) is 0 Å². The maximum atomic E-state index is 5.20. The van der Waals surface area contributed by atoms with Gasteiger partial charge >= 0.3 is 0 Å². The van der Waals surface area contributed by atoms with Gasteiger partial charge in [0.2, 0.25) is 0 Å². The Balaban J connectivity index is 0.000000120. The summed E-state index contributed by atoms with van der Waals surface area (Å²) in [6, 6.07) is 63.7. The smallest absolute Gasteiger partial charge is 0.0753 e. The molecule has 10 aromatic rings. The zero-order valence-electron chi connectivity index (χ0n) is 40.5. The first-order valence-electron chi connectivity index (χ1n) is 27.3. The SMILES string of the molecule is c1ccc(C23c4c(c5ncccc5c5cccnc45)C4(c5ccccc5)[C@@H]5CC[C@H]4[C@H]2CC[C@@H]53)cc1.c1ccc(C23c4c(c5ncccc5c5cccnc45)C4(c5ccccc5)[C@@H]5CC[C@H]4[C@H]2CC[C@@H]53)cc1. The van der Waals surface area contributed by atoms with Crippen molar-refractivity contribution in [3.8, 4) is 0 Å². The van der Waals surface area contributed by atoms with E-state index in [4.69, 9.17) is 19.9 Å². The quantitative estimate of drug-likeness (QED) is 0.165. The summed E-state index contributed by atoms with van der Waals surface area (Å²) in [5, 5.41) is 5.05. The molecule has 72 heavy (non-hydrogen) atoms. The Labute approximate surface area is 421 Å². The highest BCUT2D eigenvalue weighted by molar-refractivity contribution is 6.11. The van der Waals surface area contributed by atoms with Crippen LogP contribution in [0.3, 0.4) is 0 Å². The first-order valence-corrected chi connectivity index (χ1v) is 27.3. The third-order valence-corrected chi connectivity index (χ3v) is 21.7. The van der Waals surface area contributed by atoms with Gasteiger partial charge in [-0.05, 0) is 167 Å². The molecular weight excluding hydrogens is 873 g/mol. The predicted molar refractivity (Wildman–Crippen MR) is 288 cm³/mol. The largest absolute Gasteiger partial charge is 0.256 e. The highest BCUT2D eigenvalue weighted by Gasteiger charge is 2.78. The summed E-state index contributed by atoms with van der Waals surface area (Å²) in [6.07, 6.45) is 18.6. The average molecular weight is 929 g/mol. The number of hydrogen-bond acceptors (Lipinski definition) is 4. The summed E-state index contributed by atoms with van der Waals surface area (Å²) in [5.74, 6) is 5.13. The van der Waals surface area contributed by atoms with Gasteiger partial charge in [0.05, 0.1) is 22.1 Å². The molecule has 0 N–H and O–H groups in total. The lowest BCUT2D eigenvalue weighted by Gasteiger charge is -2.64. The molecule has 4 heterocycles. The van der Waals surface area contributed by atoms with Crippen LogP contribution < -0.4 is 0 Å². The van der Waals surface area contributed by atoms with Gasteiger partial charge in [-0.3, -0.25) is 19.9 Å². The fourth-order valence-electron chi connectivity index (χ4n) is 20.5. The topological polar surface area (TPSA) is 51.6 Å². The summed E-state index contributed by atoms with van der Waals surface area (Å²) in [6.45, 7) is 0. The molecule has 0 aliphatic heterocycles. The normalized spacial score (nSPS) is 33.3. The molecule has 6 aromatic carbocycles. The Kier molecular flexibility index (Phi) is 8.08. The first kappa shape index (κ1) is 40.5. The molecular formula is C68H56N4. The molecule has 0 radical (unpaired) electrons. The summed E-state index contributed by atoms with van der Waals surface area (Å²) >= 11 is 0. The van der Waals surface area contributed by atoms with E-state index in [9.17, 15) is 0 Å². The van der Waals surface area contributed by atoms with Gasteiger partial charge in [-0.15, -0.1) is 0 Å². The molecule has 348 valence electrons. The molecule has 0 saturated heterocycles. The van der Waals surface area contributed by atoms with Crippen LogP contribution in [0.15, 0.2) is 195 Å². The van der Waals surface area contributed by atoms with Crippen molar-refractivity contribution in [2.45, 2.75) is 73.0 Å². The van der Waals surface area contributed by atoms with E-state index >= 15 is 0 Å². The lowest BCUT2D eigenvalue weighted by molar-refractivity contribution is 0.0388. The summed E-state index contributed by atoms with van der Waals surface area (Å²) < 4.78 is 0. The van der Waals surface area contributed by atoms with E-state index in [0.29, 0.717) is 47.3 Å². The van der Waals surface area contributed by atoms with Gasteiger partial charge in [0, 0.05) is 68.0 Å². The molecule has 6 fully saturated rings. The lowest BCUT2D eigenvalue weighted by atomic mass is 9.38. The number of rotatable bonds is 4. The second-order valence-corrected chi connectivity index (χ2v) is 23.2. The third-order valence-electron chi connectivity index (χ3n) is 21.7. The van der Waals surface area contributed by atoms with Crippen molar-refractivity contribution < 1.29 is 0 Å². The maximum Gasteiger partial charge on any atom is 0.0753 e. The molecule has 12 atom stereocenters. The van der Waals surface area contributed by atoms with Crippen LogP contribution in [-0.2, 0) is 21.7 Å². The predicted octanol–water partition coefficient (Wildman–Crippen LogP) is 14.9. The second-order valence-electron chi connectivity index (χ2n) is 23.2. The van der Waals surface area contributed by atoms with Gasteiger partial charge in [-0.1, -0.05) is 146 Å². The number of hydrogen-bond donors (Lipinski definition) is 0. The third kappa shape index (κ3) is 4.45. The van der Waals surface area contributed by atoms with E-state index in [1.54, 1.807) is 0 Å². The van der Waals surface area contributed by atoms with Crippen molar-refractivity contribution in [3.05, 3.63) is 239 Å². The average Bonchev–Trinajstić information content (AvgIpc) is 4.19. The highest BCUT2D eigenvalue weighted by atomic mass is 14.8. The molecule has 0 spiro atoms. The molecule has 20 rings (SSSR count). The maximum absolute atomic E-state index is 5.20. The Morgan fingerprint density at radius 1 is 0.236 bits per heavy atom. The van der Waals surface area contributed by atoms with Crippen LogP contribution in [0.25, 0.3) is 43.6 Å². The number of fused-ring (bicyclic) bond motifs is 6. The van der Waals surface area contributed by atoms with Gasteiger partial charge in [0.15, 0.2) is 0 Å². The zero-order valence-corrected chi connectivity index (χ0v) is 40.5. The van der Waals surface area contributed by atoms with Crippen LogP contribution in [0, 0.1) is 47.3 Å². The number of aromatic nitrogens is 4. The van der Waals surface area contributed by atoms with E-state index in [1.165, 1.54) is 139 Å². The molecule has 4 unspecified atom stereocenters. The minimum atomic E-state index is 0.0251. The van der Waals surface area contributed by atoms with Crippen molar-refractivity contribution >= 4 is 43.6 Å². The molecule has 6 saturated carbocycles. The fourth-order valence-corrected chi connectivity index (χ4v) is 20.5. The van der Waals surface area contributed by atoms with Gasteiger partial charge in [0.25, 0.3) is 0 Å². The second kappa shape index (κ2) is 14.3. The van der Waals surface area contributed by atoms with Crippen LogP contribution in [0.1, 0.15) is 95.9 Å². The summed E-state index contributed by atoms with van der Waals surface area (Å²) in [7, 11) is 0. The summed E-state index contributed by atoms with van der Waals surface area (Å²) in [4.78, 5) is 20.8. The van der Waals surface area contributed by atoms with Crippen LogP contribution in [0.5, 0.6) is 0 Å². The Morgan fingerprint density at radius 2 is 0.431 bits per heavy atom. The van der Waals surface area contributed by atoms with Crippen LogP contribution in [-0.4, -0.2) is 19.9 Å². The molecule has 4 heteroatoms. The molecule has 10 aliphatic carbocycles. The van der Waals surface area contributed by atoms with Crippen molar-refractivity contribution in [2.24, 2.45) is 47.3 Å². The number of nitrogens with zero attached hydrogens (tertiary/aromatic N) is 4. The van der Waals surface area contributed by atoms with Crippen LogP contribution in [0.4, 0.5) is 0 Å². The zero-order chi connectivity index (χ0) is 47.0.